The summed E-state index contributed by atoms with van der Waals surface area (Å²) in [4.78, 5) is 2.42. The van der Waals surface area contributed by atoms with Gasteiger partial charge in [-0.3, -0.25) is 0 Å². The van der Waals surface area contributed by atoms with Crippen LogP contribution in [0, 0.1) is 0 Å². The zero-order valence-corrected chi connectivity index (χ0v) is 14.3. The molecule has 1 aliphatic rings. The Morgan fingerprint density at radius 3 is 2.57 bits per heavy atom. The second-order valence-electron chi connectivity index (χ2n) is 5.22. The van der Waals surface area contributed by atoms with Crippen molar-refractivity contribution in [2.75, 3.05) is 24.6 Å². The van der Waals surface area contributed by atoms with Gasteiger partial charge in [-0.25, -0.2) is 0 Å². The lowest BCUT2D eigenvalue weighted by atomic mass is 10.0. The highest BCUT2D eigenvalue weighted by molar-refractivity contribution is 5.49. The van der Waals surface area contributed by atoms with Crippen LogP contribution < -0.4 is 4.90 Å². The van der Waals surface area contributed by atoms with Crippen molar-refractivity contribution in [1.29, 1.82) is 0 Å². The quantitative estimate of drug-likeness (QED) is 0.687. The lowest BCUT2D eigenvalue weighted by molar-refractivity contribution is 0.0787. The molecule has 0 aromatic heterocycles. The fourth-order valence-corrected chi connectivity index (χ4v) is 2.72. The summed E-state index contributed by atoms with van der Waals surface area (Å²) in [6.45, 7) is 13.3. The third kappa shape index (κ3) is 5.20. The smallest absolute Gasteiger partial charge is 0.0766 e. The second kappa shape index (κ2) is 9.62. The minimum atomic E-state index is 0. The molecule has 1 saturated heterocycles. The van der Waals surface area contributed by atoms with Crippen LogP contribution in [0.3, 0.4) is 0 Å². The average molecular weight is 291 g/mol. The molecule has 1 aliphatic heterocycles. The molecule has 0 N–H and O–H groups in total. The molecule has 2 atom stereocenters. The van der Waals surface area contributed by atoms with Crippen LogP contribution in [0.4, 0.5) is 5.69 Å². The van der Waals surface area contributed by atoms with Crippen LogP contribution in [-0.2, 0) is 4.74 Å². The summed E-state index contributed by atoms with van der Waals surface area (Å²) < 4.78 is 5.70. The maximum atomic E-state index is 5.70. The number of hydrogen-bond acceptors (Lipinski definition) is 2. The van der Waals surface area contributed by atoms with E-state index in [9.17, 15) is 0 Å². The largest absolute Gasteiger partial charge is 0.377 e. The Kier molecular flexibility index (Phi) is 8.14. The molecule has 0 aliphatic carbocycles. The van der Waals surface area contributed by atoms with E-state index in [-0.39, 0.29) is 1.43 Å². The number of anilines is 1. The standard InChI is InChI=1S/C17H25NO.C2H6.H2/c1-4-6-14(3)15-7-9-16(10-8-15)18-12-11-17(13-18)19-5-2;1-2;/h4,6-10,14,17H,5,11-13H2,1-3H3;1-2H3;1H/t14?,17-;;/m0../s1. The van der Waals surface area contributed by atoms with Gasteiger partial charge in [0.15, 0.2) is 0 Å². The molecule has 21 heavy (non-hydrogen) atoms. The van der Waals surface area contributed by atoms with Crippen molar-refractivity contribution in [2.45, 2.75) is 53.1 Å². The van der Waals surface area contributed by atoms with Gasteiger partial charge in [0.05, 0.1) is 6.10 Å². The molecule has 1 heterocycles. The van der Waals surface area contributed by atoms with Crippen LogP contribution in [0.15, 0.2) is 36.4 Å². The number of nitrogens with zero attached hydrogens (tertiary/aromatic N) is 1. The number of hydrogen-bond donors (Lipinski definition) is 0. The Hall–Kier alpha value is -1.28. The lowest BCUT2D eigenvalue weighted by Gasteiger charge is -2.19. The van der Waals surface area contributed by atoms with Crippen molar-refractivity contribution < 1.29 is 6.16 Å². The van der Waals surface area contributed by atoms with Crippen LogP contribution in [0.25, 0.3) is 0 Å². The van der Waals surface area contributed by atoms with Gasteiger partial charge in [-0.15, -0.1) is 0 Å². The predicted molar refractivity (Wildman–Crippen MR) is 95.4 cm³/mol. The van der Waals surface area contributed by atoms with Gasteiger partial charge in [0.1, 0.15) is 0 Å². The van der Waals surface area contributed by atoms with Gasteiger partial charge in [0.25, 0.3) is 0 Å². The molecule has 1 fully saturated rings. The molecule has 0 saturated carbocycles. The minimum Gasteiger partial charge on any atom is -0.377 e. The Morgan fingerprint density at radius 1 is 1.33 bits per heavy atom. The highest BCUT2D eigenvalue weighted by atomic mass is 16.5. The van der Waals surface area contributed by atoms with Gasteiger partial charge in [0, 0.05) is 26.8 Å². The summed E-state index contributed by atoms with van der Waals surface area (Å²) in [5, 5.41) is 0. The van der Waals surface area contributed by atoms with Crippen LogP contribution in [0.5, 0.6) is 0 Å². The second-order valence-corrected chi connectivity index (χ2v) is 5.22. The fourth-order valence-electron chi connectivity index (χ4n) is 2.72. The first-order valence-electron chi connectivity index (χ1n) is 8.34. The average Bonchev–Trinajstić information content (AvgIpc) is 2.99. The maximum absolute atomic E-state index is 5.70. The topological polar surface area (TPSA) is 12.5 Å². The number of allylic oxidation sites excluding steroid dienone is 2. The van der Waals surface area contributed by atoms with Crippen LogP contribution in [0.2, 0.25) is 0 Å². The third-order valence-electron chi connectivity index (χ3n) is 3.81. The number of rotatable bonds is 5. The summed E-state index contributed by atoms with van der Waals surface area (Å²) in [5.41, 5.74) is 2.70. The van der Waals surface area contributed by atoms with Gasteiger partial charge in [-0.1, -0.05) is 45.1 Å². The fraction of sp³-hybridized carbons (Fsp3) is 0.579. The van der Waals surface area contributed by atoms with Crippen LogP contribution in [-0.4, -0.2) is 25.8 Å². The van der Waals surface area contributed by atoms with Crippen molar-refractivity contribution in [2.24, 2.45) is 0 Å². The summed E-state index contributed by atoms with van der Waals surface area (Å²) in [6, 6.07) is 8.97. The maximum Gasteiger partial charge on any atom is 0.0766 e. The molecule has 2 heteroatoms. The first-order valence-corrected chi connectivity index (χ1v) is 8.34. The summed E-state index contributed by atoms with van der Waals surface area (Å²) in [7, 11) is 0. The van der Waals surface area contributed by atoms with Gasteiger partial charge >= 0.3 is 0 Å². The first-order chi connectivity index (χ1) is 10.2. The Bertz CT molecular complexity index is 416. The molecule has 2 nitrogen and oxygen atoms in total. The van der Waals surface area contributed by atoms with Crippen molar-refractivity contribution in [3.05, 3.63) is 42.0 Å². The van der Waals surface area contributed by atoms with E-state index in [1.807, 2.05) is 13.8 Å². The molecular weight excluding hydrogens is 258 g/mol. The molecule has 0 amide bonds. The minimum absolute atomic E-state index is 0. The van der Waals surface area contributed by atoms with Crippen LogP contribution >= 0.6 is 0 Å². The highest BCUT2D eigenvalue weighted by Gasteiger charge is 2.22. The van der Waals surface area contributed by atoms with E-state index in [1.54, 1.807) is 0 Å². The van der Waals surface area contributed by atoms with E-state index < -0.39 is 0 Å². The van der Waals surface area contributed by atoms with Crippen LogP contribution in [0.1, 0.15) is 53.9 Å². The van der Waals surface area contributed by atoms with E-state index in [2.05, 4.69) is 62.1 Å². The SMILES string of the molecule is CC.CC=CC(C)c1ccc(N2CC[C@H](OCC)C2)cc1.[HH]. The lowest BCUT2D eigenvalue weighted by Crippen LogP contribution is -2.22. The van der Waals surface area contributed by atoms with E-state index >= 15 is 0 Å². The van der Waals surface area contributed by atoms with Crippen molar-refractivity contribution in [1.82, 2.24) is 0 Å². The van der Waals surface area contributed by atoms with Crippen molar-refractivity contribution >= 4 is 5.69 Å². The molecule has 1 aromatic rings. The van der Waals surface area contributed by atoms with Gasteiger partial charge < -0.3 is 9.64 Å². The number of ether oxygens (including phenoxy) is 1. The zero-order valence-electron chi connectivity index (χ0n) is 14.3. The highest BCUT2D eigenvalue weighted by Crippen LogP contribution is 2.25. The normalized spacial score (nSPS) is 19.5. The molecule has 0 bridgehead atoms. The molecule has 1 aromatic carbocycles. The van der Waals surface area contributed by atoms with Gasteiger partial charge in [0.2, 0.25) is 0 Å². The predicted octanol–water partition coefficient (Wildman–Crippen LogP) is 5.25. The monoisotopic (exact) mass is 291 g/mol. The Labute approximate surface area is 132 Å². The van der Waals surface area contributed by atoms with Crippen molar-refractivity contribution in [3.8, 4) is 0 Å². The zero-order chi connectivity index (χ0) is 15.7. The van der Waals surface area contributed by atoms with E-state index in [1.165, 1.54) is 11.3 Å². The third-order valence-corrected chi connectivity index (χ3v) is 3.81. The summed E-state index contributed by atoms with van der Waals surface area (Å²) in [5.74, 6) is 0.494. The Morgan fingerprint density at radius 2 is 2.00 bits per heavy atom. The molecule has 120 valence electrons. The summed E-state index contributed by atoms with van der Waals surface area (Å²) >= 11 is 0. The molecule has 0 radical (unpaired) electrons. The first kappa shape index (κ1) is 17.8. The van der Waals surface area contributed by atoms with E-state index in [0.717, 1.165) is 26.1 Å². The summed E-state index contributed by atoms with van der Waals surface area (Å²) in [6.07, 6.45) is 5.90. The van der Waals surface area contributed by atoms with E-state index in [4.69, 9.17) is 4.74 Å². The molecule has 0 spiro atoms. The van der Waals surface area contributed by atoms with E-state index in [0.29, 0.717) is 12.0 Å². The van der Waals surface area contributed by atoms with Crippen molar-refractivity contribution in [3.63, 3.8) is 0 Å². The number of benzene rings is 1. The molecular formula is C19H33NO. The van der Waals surface area contributed by atoms with Gasteiger partial charge in [-0.2, -0.15) is 0 Å². The molecule has 2 rings (SSSR count). The Balaban J connectivity index is 0.00000141. The molecule has 1 unspecified atom stereocenters. The van der Waals surface area contributed by atoms with Gasteiger partial charge in [-0.05, 0) is 43.9 Å².